The molecule has 0 amide bonds. The molecule has 6 nitrogen and oxygen atoms in total. The van der Waals surface area contributed by atoms with Gasteiger partial charge in [0.1, 0.15) is 0 Å². The minimum absolute atomic E-state index is 0.0965. The van der Waals surface area contributed by atoms with Crippen LogP contribution in [0.1, 0.15) is 19.3 Å². The molecule has 0 saturated carbocycles. The highest BCUT2D eigenvalue weighted by Crippen LogP contribution is 2.16. The standard InChI is InChI=1S/C10H28N6/c11-4-1-9(14)10(15,2-5-12)3-7-16-8-6-13/h9,16H,1-8,11-15H2. The van der Waals surface area contributed by atoms with Gasteiger partial charge in [-0.15, -0.1) is 0 Å². The molecule has 0 saturated heterocycles. The monoisotopic (exact) mass is 232 g/mol. The number of nitrogens with two attached hydrogens (primary N) is 5. The summed E-state index contributed by atoms with van der Waals surface area (Å²) in [6, 6.07) is -0.0965. The Labute approximate surface area is 98.3 Å². The lowest BCUT2D eigenvalue weighted by Gasteiger charge is -2.35. The minimum Gasteiger partial charge on any atom is -0.330 e. The number of hydrogen-bond acceptors (Lipinski definition) is 6. The number of rotatable bonds is 10. The van der Waals surface area contributed by atoms with Gasteiger partial charge in [0.15, 0.2) is 0 Å². The Morgan fingerprint density at radius 2 is 1.62 bits per heavy atom. The summed E-state index contributed by atoms with van der Waals surface area (Å²) in [7, 11) is 0. The van der Waals surface area contributed by atoms with Crippen LogP contribution >= 0.6 is 0 Å². The smallest absolute Gasteiger partial charge is 0.0332 e. The average molecular weight is 232 g/mol. The molecular formula is C10H28N6. The Hall–Kier alpha value is -0.240. The summed E-state index contributed by atoms with van der Waals surface area (Å²) in [6.07, 6.45) is 2.25. The lowest BCUT2D eigenvalue weighted by atomic mass is 9.83. The van der Waals surface area contributed by atoms with Crippen molar-refractivity contribution in [2.24, 2.45) is 28.7 Å². The highest BCUT2D eigenvalue weighted by molar-refractivity contribution is 4.95. The van der Waals surface area contributed by atoms with E-state index in [1.807, 2.05) is 0 Å². The average Bonchev–Trinajstić information content (AvgIpc) is 2.25. The maximum absolute atomic E-state index is 6.29. The van der Waals surface area contributed by atoms with E-state index in [9.17, 15) is 0 Å². The van der Waals surface area contributed by atoms with Crippen LogP contribution in [0.3, 0.4) is 0 Å². The first-order chi connectivity index (χ1) is 7.60. The molecule has 0 aromatic heterocycles. The molecule has 0 aliphatic rings. The number of nitrogens with one attached hydrogen (secondary N) is 1. The summed E-state index contributed by atoms with van der Waals surface area (Å²) in [4.78, 5) is 0. The molecule has 16 heavy (non-hydrogen) atoms. The van der Waals surface area contributed by atoms with Crippen molar-refractivity contribution >= 4 is 0 Å². The normalized spacial score (nSPS) is 17.1. The van der Waals surface area contributed by atoms with Gasteiger partial charge in [-0.05, 0) is 38.9 Å². The summed E-state index contributed by atoms with van der Waals surface area (Å²) in [6.45, 7) is 3.34. The van der Waals surface area contributed by atoms with E-state index in [4.69, 9.17) is 28.7 Å². The zero-order chi connectivity index (χ0) is 12.4. The van der Waals surface area contributed by atoms with Gasteiger partial charge in [0, 0.05) is 24.7 Å². The van der Waals surface area contributed by atoms with Crippen molar-refractivity contribution < 1.29 is 0 Å². The molecule has 0 bridgehead atoms. The second-order valence-electron chi connectivity index (χ2n) is 4.24. The molecule has 11 N–H and O–H groups in total. The van der Waals surface area contributed by atoms with Crippen molar-refractivity contribution in [1.82, 2.24) is 5.32 Å². The van der Waals surface area contributed by atoms with E-state index in [-0.39, 0.29) is 6.04 Å². The molecule has 6 heteroatoms. The quantitative estimate of drug-likeness (QED) is 0.233. The van der Waals surface area contributed by atoms with Gasteiger partial charge in [-0.25, -0.2) is 0 Å². The van der Waals surface area contributed by atoms with Crippen LogP contribution in [0.2, 0.25) is 0 Å². The third-order valence-electron chi connectivity index (χ3n) is 2.91. The molecule has 0 aromatic rings. The van der Waals surface area contributed by atoms with E-state index < -0.39 is 5.54 Å². The SMILES string of the molecule is NCCNCCC(N)(CCN)C(N)CCN. The van der Waals surface area contributed by atoms with E-state index in [2.05, 4.69) is 5.32 Å². The van der Waals surface area contributed by atoms with Gasteiger partial charge in [0.2, 0.25) is 0 Å². The molecular weight excluding hydrogens is 204 g/mol. The Kier molecular flexibility index (Phi) is 8.73. The Bertz CT molecular complexity index is 165. The van der Waals surface area contributed by atoms with Gasteiger partial charge in [-0.3, -0.25) is 0 Å². The highest BCUT2D eigenvalue weighted by atomic mass is 14.9. The lowest BCUT2D eigenvalue weighted by Crippen LogP contribution is -2.58. The zero-order valence-corrected chi connectivity index (χ0v) is 10.1. The molecule has 0 heterocycles. The van der Waals surface area contributed by atoms with Gasteiger partial charge in [-0.1, -0.05) is 0 Å². The summed E-state index contributed by atoms with van der Waals surface area (Å²) < 4.78 is 0. The van der Waals surface area contributed by atoms with Gasteiger partial charge >= 0.3 is 0 Å². The molecule has 0 aromatic carbocycles. The van der Waals surface area contributed by atoms with Crippen LogP contribution in [-0.2, 0) is 0 Å². The van der Waals surface area contributed by atoms with Crippen LogP contribution in [0, 0.1) is 0 Å². The lowest BCUT2D eigenvalue weighted by molar-refractivity contribution is 0.289. The van der Waals surface area contributed by atoms with Crippen LogP contribution in [0.4, 0.5) is 0 Å². The molecule has 2 atom stereocenters. The molecule has 98 valence electrons. The zero-order valence-electron chi connectivity index (χ0n) is 10.1. The molecule has 0 rings (SSSR count). The van der Waals surface area contributed by atoms with Crippen LogP contribution in [-0.4, -0.2) is 44.3 Å². The van der Waals surface area contributed by atoms with E-state index in [0.717, 1.165) is 32.4 Å². The topological polar surface area (TPSA) is 142 Å². The Balaban J connectivity index is 4.09. The van der Waals surface area contributed by atoms with Crippen LogP contribution in [0.15, 0.2) is 0 Å². The van der Waals surface area contributed by atoms with E-state index >= 15 is 0 Å². The maximum Gasteiger partial charge on any atom is 0.0332 e. The summed E-state index contributed by atoms with van der Waals surface area (Å²) >= 11 is 0. The fourth-order valence-corrected chi connectivity index (χ4v) is 1.78. The van der Waals surface area contributed by atoms with Crippen molar-refractivity contribution in [1.29, 1.82) is 0 Å². The van der Waals surface area contributed by atoms with Crippen LogP contribution in [0.25, 0.3) is 0 Å². The first-order valence-electron chi connectivity index (χ1n) is 5.96. The predicted octanol–water partition coefficient (Wildman–Crippen LogP) is -2.35. The van der Waals surface area contributed by atoms with Crippen molar-refractivity contribution in [2.75, 3.05) is 32.7 Å². The van der Waals surface area contributed by atoms with E-state index in [1.165, 1.54) is 0 Å². The van der Waals surface area contributed by atoms with E-state index in [0.29, 0.717) is 19.6 Å². The van der Waals surface area contributed by atoms with Crippen molar-refractivity contribution in [3.05, 3.63) is 0 Å². The Morgan fingerprint density at radius 1 is 0.938 bits per heavy atom. The maximum atomic E-state index is 6.29. The van der Waals surface area contributed by atoms with Crippen molar-refractivity contribution in [2.45, 2.75) is 30.8 Å². The predicted molar refractivity (Wildman–Crippen MR) is 68.8 cm³/mol. The van der Waals surface area contributed by atoms with Crippen molar-refractivity contribution in [3.8, 4) is 0 Å². The fourth-order valence-electron chi connectivity index (χ4n) is 1.78. The summed E-state index contributed by atoms with van der Waals surface area (Å²) in [5, 5.41) is 3.21. The first-order valence-corrected chi connectivity index (χ1v) is 5.96. The van der Waals surface area contributed by atoms with E-state index in [1.54, 1.807) is 0 Å². The fraction of sp³-hybridized carbons (Fsp3) is 1.00. The first kappa shape index (κ1) is 15.8. The molecule has 0 fully saturated rings. The van der Waals surface area contributed by atoms with Gasteiger partial charge in [-0.2, -0.15) is 0 Å². The largest absolute Gasteiger partial charge is 0.330 e. The third kappa shape index (κ3) is 5.74. The molecule has 0 aliphatic carbocycles. The van der Waals surface area contributed by atoms with Gasteiger partial charge in [0.05, 0.1) is 0 Å². The summed E-state index contributed by atoms with van der Waals surface area (Å²) in [5.74, 6) is 0. The highest BCUT2D eigenvalue weighted by Gasteiger charge is 2.30. The third-order valence-corrected chi connectivity index (χ3v) is 2.91. The number of hydrogen-bond donors (Lipinski definition) is 6. The molecule has 0 radical (unpaired) electrons. The molecule has 0 spiro atoms. The van der Waals surface area contributed by atoms with Gasteiger partial charge in [0.25, 0.3) is 0 Å². The Morgan fingerprint density at radius 3 is 2.12 bits per heavy atom. The van der Waals surface area contributed by atoms with Gasteiger partial charge < -0.3 is 34.0 Å². The molecule has 0 aliphatic heterocycles. The molecule has 2 unspecified atom stereocenters. The summed E-state index contributed by atoms with van der Waals surface area (Å²) in [5.41, 5.74) is 28.4. The van der Waals surface area contributed by atoms with Crippen LogP contribution in [0.5, 0.6) is 0 Å². The minimum atomic E-state index is -0.421. The second-order valence-corrected chi connectivity index (χ2v) is 4.24. The second kappa shape index (κ2) is 8.86. The van der Waals surface area contributed by atoms with Crippen LogP contribution < -0.4 is 34.0 Å². The van der Waals surface area contributed by atoms with Crippen molar-refractivity contribution in [3.63, 3.8) is 0 Å².